The minimum Gasteiger partial charge on any atom is -0.476 e. The Morgan fingerprint density at radius 1 is 1.58 bits per heavy atom. The van der Waals surface area contributed by atoms with Crippen LogP contribution in [0.5, 0.6) is 0 Å². The third-order valence-corrected chi connectivity index (χ3v) is 3.72. The van der Waals surface area contributed by atoms with E-state index in [1.807, 2.05) is 11.8 Å². The maximum atomic E-state index is 12.0. The molecule has 0 saturated heterocycles. The van der Waals surface area contributed by atoms with Crippen LogP contribution >= 0.6 is 11.3 Å². The molecule has 6 nitrogen and oxygen atoms in total. The van der Waals surface area contributed by atoms with E-state index in [0.29, 0.717) is 11.0 Å². The summed E-state index contributed by atoms with van der Waals surface area (Å²) in [5.74, 6) is -1.04. The Morgan fingerprint density at radius 3 is 2.84 bits per heavy atom. The van der Waals surface area contributed by atoms with Crippen molar-refractivity contribution in [2.24, 2.45) is 0 Å². The van der Waals surface area contributed by atoms with E-state index >= 15 is 0 Å². The van der Waals surface area contributed by atoms with Gasteiger partial charge in [0.1, 0.15) is 5.01 Å². The van der Waals surface area contributed by atoms with Crippen LogP contribution in [0.2, 0.25) is 0 Å². The van der Waals surface area contributed by atoms with Crippen LogP contribution in [-0.4, -0.2) is 39.6 Å². The van der Waals surface area contributed by atoms with Crippen LogP contribution in [0.1, 0.15) is 41.7 Å². The van der Waals surface area contributed by atoms with Gasteiger partial charge < -0.3 is 15.3 Å². The molecule has 0 unspecified atom stereocenters. The monoisotopic (exact) mass is 283 g/mol. The quantitative estimate of drug-likeness (QED) is 0.835. The van der Waals surface area contributed by atoms with Crippen LogP contribution in [0.15, 0.2) is 5.38 Å². The Hall–Kier alpha value is -1.63. The molecule has 1 aliphatic carbocycles. The molecular formula is C12H17N3O3S. The van der Waals surface area contributed by atoms with Crippen LogP contribution in [0, 0.1) is 0 Å². The first-order chi connectivity index (χ1) is 9.11. The van der Waals surface area contributed by atoms with Crippen molar-refractivity contribution in [3.05, 3.63) is 16.1 Å². The normalized spacial score (nSPS) is 14.2. The second kappa shape index (κ2) is 6.01. The van der Waals surface area contributed by atoms with E-state index in [0.717, 1.165) is 25.8 Å². The number of urea groups is 1. The van der Waals surface area contributed by atoms with Crippen molar-refractivity contribution >= 4 is 23.3 Å². The highest BCUT2D eigenvalue weighted by Gasteiger charge is 2.31. The highest BCUT2D eigenvalue weighted by molar-refractivity contribution is 7.09. The van der Waals surface area contributed by atoms with Crippen molar-refractivity contribution in [1.82, 2.24) is 15.2 Å². The van der Waals surface area contributed by atoms with Crippen LogP contribution < -0.4 is 5.32 Å². The highest BCUT2D eigenvalue weighted by atomic mass is 32.1. The lowest BCUT2D eigenvalue weighted by Gasteiger charge is -2.21. The zero-order chi connectivity index (χ0) is 13.8. The van der Waals surface area contributed by atoms with E-state index in [2.05, 4.69) is 10.3 Å². The average molecular weight is 283 g/mol. The van der Waals surface area contributed by atoms with Gasteiger partial charge in [0.2, 0.25) is 0 Å². The maximum absolute atomic E-state index is 12.0. The first-order valence-corrected chi connectivity index (χ1v) is 7.22. The number of carbonyl (C=O) groups is 2. The van der Waals surface area contributed by atoms with E-state index in [9.17, 15) is 9.59 Å². The lowest BCUT2D eigenvalue weighted by atomic mass is 10.4. The number of rotatable bonds is 6. The number of hydrogen-bond donors (Lipinski definition) is 2. The topological polar surface area (TPSA) is 82.5 Å². The fraction of sp³-hybridized carbons (Fsp3) is 0.583. The molecule has 2 N–H and O–H groups in total. The summed E-state index contributed by atoms with van der Waals surface area (Å²) >= 11 is 1.24. The molecule has 0 spiro atoms. The highest BCUT2D eigenvalue weighted by Crippen LogP contribution is 2.26. The standard InChI is InChI=1S/C12H17N3O3S/c1-2-5-15(8-3-4-8)12(18)13-6-10-14-9(7-19-10)11(16)17/h7-8H,2-6H2,1H3,(H,13,18)(H,16,17). The molecule has 0 radical (unpaired) electrons. The second-order valence-electron chi connectivity index (χ2n) is 4.51. The fourth-order valence-electron chi connectivity index (χ4n) is 1.82. The molecule has 0 bridgehead atoms. The molecule has 0 aromatic carbocycles. The van der Waals surface area contributed by atoms with Gasteiger partial charge >= 0.3 is 12.0 Å². The van der Waals surface area contributed by atoms with Gasteiger partial charge in [-0.15, -0.1) is 11.3 Å². The number of carboxylic acids is 1. The number of carboxylic acid groups (broad SMARTS) is 1. The molecule has 0 aliphatic heterocycles. The van der Waals surface area contributed by atoms with Gasteiger partial charge in [0.25, 0.3) is 0 Å². The Balaban J connectivity index is 1.86. The SMILES string of the molecule is CCCN(C(=O)NCc1nc(C(=O)O)cs1)C1CC1. The molecule has 1 aromatic heterocycles. The molecule has 2 rings (SSSR count). The number of carbonyl (C=O) groups excluding carboxylic acids is 1. The first-order valence-electron chi connectivity index (χ1n) is 6.34. The minimum atomic E-state index is -1.04. The van der Waals surface area contributed by atoms with Crippen LogP contribution in [0.4, 0.5) is 4.79 Å². The lowest BCUT2D eigenvalue weighted by Crippen LogP contribution is -2.41. The van der Waals surface area contributed by atoms with E-state index in [-0.39, 0.29) is 18.3 Å². The van der Waals surface area contributed by atoms with Crippen molar-refractivity contribution in [3.8, 4) is 0 Å². The first kappa shape index (κ1) is 13.8. The van der Waals surface area contributed by atoms with E-state index in [1.54, 1.807) is 0 Å². The summed E-state index contributed by atoms with van der Waals surface area (Å²) in [4.78, 5) is 28.5. The predicted molar refractivity (Wildman–Crippen MR) is 71.3 cm³/mol. The smallest absolute Gasteiger partial charge is 0.355 e. The Morgan fingerprint density at radius 2 is 2.32 bits per heavy atom. The minimum absolute atomic E-state index is 0.0295. The number of aromatic carboxylic acids is 1. The number of amides is 2. The van der Waals surface area contributed by atoms with Gasteiger partial charge in [-0.1, -0.05) is 6.92 Å². The van der Waals surface area contributed by atoms with Gasteiger partial charge in [0, 0.05) is 18.0 Å². The Labute approximate surface area is 115 Å². The summed E-state index contributed by atoms with van der Waals surface area (Å²) in [6, 6.07) is 0.294. The van der Waals surface area contributed by atoms with Gasteiger partial charge in [0.05, 0.1) is 6.54 Å². The van der Waals surface area contributed by atoms with Gasteiger partial charge in [-0.05, 0) is 19.3 Å². The van der Waals surface area contributed by atoms with Crippen molar-refractivity contribution in [2.45, 2.75) is 38.8 Å². The molecular weight excluding hydrogens is 266 g/mol. The predicted octanol–water partition coefficient (Wildman–Crippen LogP) is 1.93. The summed E-state index contributed by atoms with van der Waals surface area (Å²) in [5.41, 5.74) is 0.0295. The Kier molecular flexibility index (Phi) is 4.36. The summed E-state index contributed by atoms with van der Waals surface area (Å²) in [6.07, 6.45) is 3.09. The van der Waals surface area contributed by atoms with Gasteiger partial charge in [-0.2, -0.15) is 0 Å². The van der Waals surface area contributed by atoms with E-state index in [4.69, 9.17) is 5.11 Å². The molecule has 2 amide bonds. The average Bonchev–Trinajstić information content (AvgIpc) is 3.10. The molecule has 1 aliphatic rings. The zero-order valence-corrected chi connectivity index (χ0v) is 11.6. The molecule has 7 heteroatoms. The van der Waals surface area contributed by atoms with Crippen LogP contribution in [0.3, 0.4) is 0 Å². The molecule has 104 valence electrons. The zero-order valence-electron chi connectivity index (χ0n) is 10.8. The number of nitrogens with one attached hydrogen (secondary N) is 1. The van der Waals surface area contributed by atoms with Gasteiger partial charge in [-0.25, -0.2) is 14.6 Å². The van der Waals surface area contributed by atoms with Gasteiger partial charge in [-0.3, -0.25) is 0 Å². The van der Waals surface area contributed by atoms with Crippen molar-refractivity contribution in [2.75, 3.05) is 6.54 Å². The Bertz CT molecular complexity index is 471. The largest absolute Gasteiger partial charge is 0.476 e. The van der Waals surface area contributed by atoms with Crippen molar-refractivity contribution in [3.63, 3.8) is 0 Å². The van der Waals surface area contributed by atoms with Crippen molar-refractivity contribution < 1.29 is 14.7 Å². The number of thiazole rings is 1. The molecule has 19 heavy (non-hydrogen) atoms. The summed E-state index contributed by atoms with van der Waals surface area (Å²) in [7, 11) is 0. The summed E-state index contributed by atoms with van der Waals surface area (Å²) in [5, 5.41) is 13.7. The fourth-order valence-corrected chi connectivity index (χ4v) is 2.53. The number of nitrogens with zero attached hydrogens (tertiary/aromatic N) is 2. The molecule has 0 atom stereocenters. The molecule has 1 fully saturated rings. The summed E-state index contributed by atoms with van der Waals surface area (Å²) < 4.78 is 0. The molecule has 1 heterocycles. The number of aromatic nitrogens is 1. The van der Waals surface area contributed by atoms with E-state index < -0.39 is 5.97 Å². The maximum Gasteiger partial charge on any atom is 0.355 e. The van der Waals surface area contributed by atoms with E-state index in [1.165, 1.54) is 16.7 Å². The van der Waals surface area contributed by atoms with Crippen LogP contribution in [-0.2, 0) is 6.54 Å². The lowest BCUT2D eigenvalue weighted by molar-refractivity contribution is 0.0691. The summed E-state index contributed by atoms with van der Waals surface area (Å²) in [6.45, 7) is 3.08. The molecule has 1 saturated carbocycles. The molecule has 1 aromatic rings. The van der Waals surface area contributed by atoms with Gasteiger partial charge in [0.15, 0.2) is 5.69 Å². The van der Waals surface area contributed by atoms with Crippen molar-refractivity contribution in [1.29, 1.82) is 0 Å². The van der Waals surface area contributed by atoms with Crippen LogP contribution in [0.25, 0.3) is 0 Å². The third kappa shape index (κ3) is 3.66. The third-order valence-electron chi connectivity index (χ3n) is 2.87. The number of hydrogen-bond acceptors (Lipinski definition) is 4. The second-order valence-corrected chi connectivity index (χ2v) is 5.46.